The Bertz CT molecular complexity index is 564. The van der Waals surface area contributed by atoms with Gasteiger partial charge >= 0.3 is 0 Å². The van der Waals surface area contributed by atoms with Crippen LogP contribution in [0.1, 0.15) is 16.2 Å². The van der Waals surface area contributed by atoms with Gasteiger partial charge in [0, 0.05) is 18.9 Å². The highest BCUT2D eigenvalue weighted by Gasteiger charge is 2.11. The van der Waals surface area contributed by atoms with E-state index in [0.717, 1.165) is 5.69 Å². The molecule has 17 heavy (non-hydrogen) atoms. The maximum absolute atomic E-state index is 11.9. The van der Waals surface area contributed by atoms with Gasteiger partial charge in [-0.25, -0.2) is 9.97 Å². The second kappa shape index (κ2) is 4.55. The van der Waals surface area contributed by atoms with E-state index in [-0.39, 0.29) is 11.2 Å². The van der Waals surface area contributed by atoms with Gasteiger partial charge in [-0.05, 0) is 36.7 Å². The van der Waals surface area contributed by atoms with E-state index in [9.17, 15) is 4.79 Å². The van der Waals surface area contributed by atoms with Crippen LogP contribution in [0, 0.1) is 6.92 Å². The summed E-state index contributed by atoms with van der Waals surface area (Å²) in [6.07, 6.45) is 1.49. The monoisotopic (exact) mass is 250 g/mol. The lowest BCUT2D eigenvalue weighted by atomic mass is 10.4. The zero-order valence-corrected chi connectivity index (χ0v) is 10.2. The summed E-state index contributed by atoms with van der Waals surface area (Å²) in [5, 5.41) is 2.76. The summed E-state index contributed by atoms with van der Waals surface area (Å²) < 4.78 is 1.80. The number of rotatable bonds is 2. The number of anilines is 1. The quantitative estimate of drug-likeness (QED) is 0.830. The Balaban J connectivity index is 2.20. The SMILES string of the molecule is Cc1ccc(C(=O)Nc2ccnc(Cl)n2)n1C. The van der Waals surface area contributed by atoms with E-state index in [0.29, 0.717) is 11.5 Å². The van der Waals surface area contributed by atoms with E-state index in [2.05, 4.69) is 15.3 Å². The van der Waals surface area contributed by atoms with Gasteiger partial charge in [-0.2, -0.15) is 0 Å². The van der Waals surface area contributed by atoms with Crippen LogP contribution in [0.4, 0.5) is 5.82 Å². The molecule has 0 bridgehead atoms. The number of nitrogens with zero attached hydrogens (tertiary/aromatic N) is 3. The largest absolute Gasteiger partial charge is 0.344 e. The van der Waals surface area contributed by atoms with Gasteiger partial charge in [0.05, 0.1) is 0 Å². The summed E-state index contributed by atoms with van der Waals surface area (Å²) in [6.45, 7) is 1.93. The van der Waals surface area contributed by atoms with Gasteiger partial charge in [-0.15, -0.1) is 0 Å². The summed E-state index contributed by atoms with van der Waals surface area (Å²) in [7, 11) is 1.83. The maximum Gasteiger partial charge on any atom is 0.273 e. The highest BCUT2D eigenvalue weighted by atomic mass is 35.5. The first-order valence-electron chi connectivity index (χ1n) is 5.00. The molecule has 0 saturated heterocycles. The number of amides is 1. The molecule has 5 nitrogen and oxygen atoms in total. The molecule has 1 N–H and O–H groups in total. The third-order valence-electron chi connectivity index (χ3n) is 2.47. The smallest absolute Gasteiger partial charge is 0.273 e. The molecule has 2 heterocycles. The molecule has 0 aliphatic heterocycles. The minimum Gasteiger partial charge on any atom is -0.344 e. The van der Waals surface area contributed by atoms with Crippen LogP contribution in [0.3, 0.4) is 0 Å². The van der Waals surface area contributed by atoms with Crippen molar-refractivity contribution in [2.24, 2.45) is 7.05 Å². The van der Waals surface area contributed by atoms with Crippen molar-refractivity contribution >= 4 is 23.3 Å². The van der Waals surface area contributed by atoms with Crippen molar-refractivity contribution in [3.63, 3.8) is 0 Å². The first-order valence-corrected chi connectivity index (χ1v) is 5.38. The minimum atomic E-state index is -0.227. The van der Waals surface area contributed by atoms with Crippen LogP contribution in [0.5, 0.6) is 0 Å². The van der Waals surface area contributed by atoms with Gasteiger partial charge in [0.25, 0.3) is 5.91 Å². The highest BCUT2D eigenvalue weighted by Crippen LogP contribution is 2.10. The van der Waals surface area contributed by atoms with E-state index in [1.54, 1.807) is 16.7 Å². The van der Waals surface area contributed by atoms with Crippen LogP contribution in [0.25, 0.3) is 0 Å². The lowest BCUT2D eigenvalue weighted by Crippen LogP contribution is -2.16. The predicted octanol–water partition coefficient (Wildman–Crippen LogP) is 2.03. The van der Waals surface area contributed by atoms with Gasteiger partial charge in [-0.3, -0.25) is 4.79 Å². The van der Waals surface area contributed by atoms with Crippen LogP contribution in [0.15, 0.2) is 24.4 Å². The fraction of sp³-hybridized carbons (Fsp3) is 0.182. The second-order valence-electron chi connectivity index (χ2n) is 3.58. The zero-order valence-electron chi connectivity index (χ0n) is 9.44. The molecule has 0 aliphatic carbocycles. The molecule has 0 aromatic carbocycles. The first-order chi connectivity index (χ1) is 8.08. The van der Waals surface area contributed by atoms with Crippen molar-refractivity contribution in [1.29, 1.82) is 0 Å². The summed E-state index contributed by atoms with van der Waals surface area (Å²) in [6, 6.07) is 5.22. The van der Waals surface area contributed by atoms with Crippen molar-refractivity contribution in [1.82, 2.24) is 14.5 Å². The van der Waals surface area contributed by atoms with Crippen molar-refractivity contribution in [3.8, 4) is 0 Å². The van der Waals surface area contributed by atoms with E-state index in [1.165, 1.54) is 6.20 Å². The second-order valence-corrected chi connectivity index (χ2v) is 3.92. The van der Waals surface area contributed by atoms with Crippen LogP contribution in [-0.2, 0) is 7.05 Å². The summed E-state index contributed by atoms with van der Waals surface area (Å²) in [4.78, 5) is 19.6. The Morgan fingerprint density at radius 3 is 2.76 bits per heavy atom. The fourth-order valence-electron chi connectivity index (χ4n) is 1.43. The average Bonchev–Trinajstić information content (AvgIpc) is 2.60. The normalized spacial score (nSPS) is 10.3. The lowest BCUT2D eigenvalue weighted by Gasteiger charge is -2.06. The minimum absolute atomic E-state index is 0.103. The average molecular weight is 251 g/mol. The van der Waals surface area contributed by atoms with Gasteiger partial charge in [0.15, 0.2) is 0 Å². The first kappa shape index (κ1) is 11.6. The molecule has 0 spiro atoms. The molecule has 0 atom stereocenters. The van der Waals surface area contributed by atoms with E-state index in [4.69, 9.17) is 11.6 Å². The highest BCUT2D eigenvalue weighted by molar-refractivity contribution is 6.28. The van der Waals surface area contributed by atoms with Crippen LogP contribution < -0.4 is 5.32 Å². The number of aromatic nitrogens is 3. The number of nitrogens with one attached hydrogen (secondary N) is 1. The number of halogens is 1. The van der Waals surface area contributed by atoms with Crippen LogP contribution in [0.2, 0.25) is 5.28 Å². The molecule has 2 rings (SSSR count). The zero-order chi connectivity index (χ0) is 12.4. The Kier molecular flexibility index (Phi) is 3.10. The Morgan fingerprint density at radius 1 is 1.41 bits per heavy atom. The third kappa shape index (κ3) is 2.45. The number of hydrogen-bond acceptors (Lipinski definition) is 3. The Hall–Kier alpha value is -1.88. The molecule has 1 amide bonds. The topological polar surface area (TPSA) is 59.8 Å². The molecule has 2 aromatic heterocycles. The number of carbonyl (C=O) groups excluding carboxylic acids is 1. The standard InChI is InChI=1S/C11H11ClN4O/c1-7-3-4-8(16(7)2)10(17)14-9-5-6-13-11(12)15-9/h3-6H,1-2H3,(H,13,14,15,17). The molecular weight excluding hydrogens is 240 g/mol. The van der Waals surface area contributed by atoms with E-state index >= 15 is 0 Å². The summed E-state index contributed by atoms with van der Waals surface area (Å²) in [5.74, 6) is 0.157. The molecule has 2 aromatic rings. The Labute approximate surface area is 103 Å². The van der Waals surface area contributed by atoms with Gasteiger partial charge in [0.1, 0.15) is 11.5 Å². The number of carbonyl (C=O) groups is 1. The van der Waals surface area contributed by atoms with Crippen molar-refractivity contribution in [2.75, 3.05) is 5.32 Å². The Morgan fingerprint density at radius 2 is 2.18 bits per heavy atom. The summed E-state index contributed by atoms with van der Waals surface area (Å²) >= 11 is 5.63. The predicted molar refractivity (Wildman–Crippen MR) is 65.1 cm³/mol. The molecule has 0 fully saturated rings. The van der Waals surface area contributed by atoms with Crippen LogP contribution in [-0.4, -0.2) is 20.4 Å². The molecule has 0 aliphatic rings. The van der Waals surface area contributed by atoms with Crippen molar-refractivity contribution in [3.05, 3.63) is 41.1 Å². The molecule has 88 valence electrons. The molecule has 0 unspecified atom stereocenters. The number of hydrogen-bond donors (Lipinski definition) is 1. The van der Waals surface area contributed by atoms with Crippen molar-refractivity contribution in [2.45, 2.75) is 6.92 Å². The number of aryl methyl sites for hydroxylation is 1. The van der Waals surface area contributed by atoms with Crippen LogP contribution >= 0.6 is 11.6 Å². The summed E-state index contributed by atoms with van der Waals surface area (Å²) in [5.41, 5.74) is 1.58. The van der Waals surface area contributed by atoms with E-state index in [1.807, 2.05) is 20.0 Å². The van der Waals surface area contributed by atoms with Gasteiger partial charge in [0.2, 0.25) is 5.28 Å². The van der Waals surface area contributed by atoms with Gasteiger partial charge in [-0.1, -0.05) is 0 Å². The molecular formula is C11H11ClN4O. The molecule has 6 heteroatoms. The van der Waals surface area contributed by atoms with Crippen molar-refractivity contribution < 1.29 is 4.79 Å². The maximum atomic E-state index is 11.9. The fourth-order valence-corrected chi connectivity index (χ4v) is 1.57. The van der Waals surface area contributed by atoms with Gasteiger partial charge < -0.3 is 9.88 Å². The third-order valence-corrected chi connectivity index (χ3v) is 2.66. The van der Waals surface area contributed by atoms with E-state index < -0.39 is 0 Å². The molecule has 0 radical (unpaired) electrons. The molecule has 0 saturated carbocycles. The lowest BCUT2D eigenvalue weighted by molar-refractivity contribution is 0.101.